The smallest absolute Gasteiger partial charge is 0.323 e. The van der Waals surface area contributed by atoms with Gasteiger partial charge in [-0.2, -0.15) is 0 Å². The number of anilines is 1. The molecule has 4 rings (SSSR count). The van der Waals surface area contributed by atoms with Crippen molar-refractivity contribution in [3.63, 3.8) is 0 Å². The number of piperidine rings is 1. The molecule has 1 fully saturated rings. The van der Waals surface area contributed by atoms with Crippen LogP contribution in [0.4, 0.5) is 15.0 Å². The van der Waals surface area contributed by atoms with E-state index in [0.717, 1.165) is 24.4 Å². The van der Waals surface area contributed by atoms with Crippen LogP contribution in [0.25, 0.3) is 22.4 Å². The Bertz CT molecular complexity index is 1160. The van der Waals surface area contributed by atoms with E-state index < -0.39 is 24.4 Å². The number of carboxylic acid groups (broad SMARTS) is 1. The molecule has 0 radical (unpaired) electrons. The number of hydrogen-bond donors (Lipinski definition) is 4. The summed E-state index contributed by atoms with van der Waals surface area (Å²) in [6, 6.07) is 1.32. The van der Waals surface area contributed by atoms with Gasteiger partial charge in [-0.05, 0) is 24.8 Å². The summed E-state index contributed by atoms with van der Waals surface area (Å²) >= 11 is 6.05. The number of carbonyl (C=O) groups excluding carboxylic acids is 1. The van der Waals surface area contributed by atoms with Gasteiger partial charge in [0.15, 0.2) is 17.5 Å². The number of H-pyrrole nitrogens is 1. The number of pyridine rings is 1. The lowest BCUT2D eigenvalue weighted by atomic mass is 9.98. The quantitative estimate of drug-likeness (QED) is 0.443. The molecular weight excluding hydrogens is 441 g/mol. The van der Waals surface area contributed by atoms with Crippen molar-refractivity contribution in [2.75, 3.05) is 31.5 Å². The number of aromatic amines is 1. The monoisotopic (exact) mass is 461 g/mol. The number of carbonyl (C=O) groups is 2. The number of hydrogen-bond acceptors (Lipinski definition) is 6. The Labute approximate surface area is 187 Å². The molecule has 4 N–H and O–H groups in total. The van der Waals surface area contributed by atoms with E-state index in [2.05, 4.69) is 30.6 Å². The second kappa shape index (κ2) is 9.35. The molecule has 3 aromatic heterocycles. The molecule has 3 aromatic rings. The Balaban J connectivity index is 1.44. The first-order chi connectivity index (χ1) is 15.4. The van der Waals surface area contributed by atoms with Crippen LogP contribution in [-0.4, -0.2) is 68.1 Å². The first-order valence-corrected chi connectivity index (χ1v) is 10.4. The number of nitrogens with one attached hydrogen (secondary N) is 3. The van der Waals surface area contributed by atoms with Gasteiger partial charge in [0.1, 0.15) is 12.2 Å². The number of rotatable bonds is 6. The fraction of sp³-hybridized carbons (Fsp3) is 0.350. The van der Waals surface area contributed by atoms with E-state index in [1.807, 2.05) is 0 Å². The summed E-state index contributed by atoms with van der Waals surface area (Å²) in [6.45, 7) is 0.953. The molecule has 1 unspecified atom stereocenters. The van der Waals surface area contributed by atoms with E-state index in [0.29, 0.717) is 41.7 Å². The van der Waals surface area contributed by atoms with Crippen LogP contribution < -0.4 is 10.6 Å². The van der Waals surface area contributed by atoms with Gasteiger partial charge in [-0.15, -0.1) is 0 Å². The predicted molar refractivity (Wildman–Crippen MR) is 116 cm³/mol. The Kier molecular flexibility index (Phi) is 6.35. The van der Waals surface area contributed by atoms with E-state index >= 15 is 0 Å². The van der Waals surface area contributed by atoms with Gasteiger partial charge in [0.05, 0.1) is 11.2 Å². The highest BCUT2D eigenvalue weighted by Gasteiger charge is 2.24. The topological polar surface area (TPSA) is 136 Å². The van der Waals surface area contributed by atoms with Crippen LogP contribution in [0.3, 0.4) is 0 Å². The Hall–Kier alpha value is -3.47. The molecule has 4 heterocycles. The maximum absolute atomic E-state index is 14.4. The number of aromatic nitrogens is 4. The number of nitrogens with zero attached hydrogens (tertiary/aromatic N) is 4. The zero-order chi connectivity index (χ0) is 22.7. The molecular formula is C20H21ClFN7O3. The zero-order valence-corrected chi connectivity index (χ0v) is 17.7. The maximum Gasteiger partial charge on any atom is 0.323 e. The highest BCUT2D eigenvalue weighted by molar-refractivity contribution is 6.31. The summed E-state index contributed by atoms with van der Waals surface area (Å²) in [7, 11) is 0. The zero-order valence-electron chi connectivity index (χ0n) is 16.9. The van der Waals surface area contributed by atoms with Crippen LogP contribution in [-0.2, 0) is 4.79 Å². The third-order valence-electron chi connectivity index (χ3n) is 5.24. The van der Waals surface area contributed by atoms with Crippen LogP contribution in [0.15, 0.2) is 24.7 Å². The lowest BCUT2D eigenvalue weighted by Crippen LogP contribution is -2.47. The van der Waals surface area contributed by atoms with Crippen LogP contribution in [0.5, 0.6) is 0 Å². The van der Waals surface area contributed by atoms with Gasteiger partial charge in [-0.25, -0.2) is 24.1 Å². The van der Waals surface area contributed by atoms with Gasteiger partial charge < -0.3 is 25.6 Å². The molecule has 1 atom stereocenters. The third kappa shape index (κ3) is 4.88. The summed E-state index contributed by atoms with van der Waals surface area (Å²) in [6.07, 6.45) is 5.95. The number of urea groups is 1. The fourth-order valence-electron chi connectivity index (χ4n) is 3.70. The van der Waals surface area contributed by atoms with Crippen molar-refractivity contribution in [1.82, 2.24) is 30.2 Å². The maximum atomic E-state index is 14.4. The van der Waals surface area contributed by atoms with Crippen LogP contribution in [0, 0.1) is 11.7 Å². The van der Waals surface area contributed by atoms with Gasteiger partial charge in [0.25, 0.3) is 0 Å². The highest BCUT2D eigenvalue weighted by atomic mass is 35.5. The molecule has 10 nitrogen and oxygen atoms in total. The molecule has 1 aliphatic heterocycles. The van der Waals surface area contributed by atoms with E-state index in [1.54, 1.807) is 17.2 Å². The molecule has 1 saturated heterocycles. The summed E-state index contributed by atoms with van der Waals surface area (Å²) in [5.74, 6) is -1.24. The SMILES string of the molecule is O=C(O)CNC(=O)N1CCCC(CNc2nc(-c3c[nH]c4ncc(Cl)cc34)ncc2F)C1. The molecule has 32 heavy (non-hydrogen) atoms. The highest BCUT2D eigenvalue weighted by Crippen LogP contribution is 2.28. The molecule has 0 aromatic carbocycles. The van der Waals surface area contributed by atoms with Gasteiger partial charge in [-0.3, -0.25) is 4.79 Å². The molecule has 0 spiro atoms. The number of halogens is 2. The van der Waals surface area contributed by atoms with Gasteiger partial charge in [0, 0.05) is 43.0 Å². The average molecular weight is 462 g/mol. The minimum Gasteiger partial charge on any atom is -0.480 e. The van der Waals surface area contributed by atoms with Gasteiger partial charge >= 0.3 is 12.0 Å². The number of likely N-dealkylation sites (tertiary alicyclic amines) is 1. The molecule has 2 amide bonds. The van der Waals surface area contributed by atoms with Crippen molar-refractivity contribution in [1.29, 1.82) is 0 Å². The van der Waals surface area contributed by atoms with E-state index in [1.165, 1.54) is 6.20 Å². The molecule has 168 valence electrons. The van der Waals surface area contributed by atoms with Crippen LogP contribution in [0.1, 0.15) is 12.8 Å². The standard InChI is InChI=1S/C20H21ClFN7O3/c21-12-4-13-14(7-25-17(13)24-6-12)18-26-8-15(22)19(28-18)23-5-11-2-1-3-29(10-11)20(32)27-9-16(30)31/h4,6-8,11H,1-3,5,9-10H2,(H,24,25)(H,27,32)(H,30,31)(H,23,26,28). The van der Waals surface area contributed by atoms with Crippen molar-refractivity contribution in [2.24, 2.45) is 5.92 Å². The van der Waals surface area contributed by atoms with Crippen molar-refractivity contribution < 1.29 is 19.1 Å². The number of aliphatic carboxylic acids is 1. The van der Waals surface area contributed by atoms with Crippen molar-refractivity contribution in [2.45, 2.75) is 12.8 Å². The Morgan fingerprint density at radius 2 is 2.19 bits per heavy atom. The first-order valence-electron chi connectivity index (χ1n) is 10.0. The largest absolute Gasteiger partial charge is 0.480 e. The van der Waals surface area contributed by atoms with E-state index in [-0.39, 0.29) is 11.7 Å². The number of carboxylic acids is 1. The molecule has 0 saturated carbocycles. The van der Waals surface area contributed by atoms with Crippen molar-refractivity contribution in [3.8, 4) is 11.4 Å². The van der Waals surface area contributed by atoms with E-state index in [9.17, 15) is 14.0 Å². The first kappa shape index (κ1) is 21.8. The summed E-state index contributed by atoms with van der Waals surface area (Å²) in [4.78, 5) is 40.0. The molecule has 12 heteroatoms. The fourth-order valence-corrected chi connectivity index (χ4v) is 3.86. The average Bonchev–Trinajstić information content (AvgIpc) is 3.20. The van der Waals surface area contributed by atoms with E-state index in [4.69, 9.17) is 16.7 Å². The number of amides is 2. The number of fused-ring (bicyclic) bond motifs is 1. The summed E-state index contributed by atoms with van der Waals surface area (Å²) in [5, 5.41) is 15.3. The van der Waals surface area contributed by atoms with Gasteiger partial charge in [-0.1, -0.05) is 11.6 Å². The van der Waals surface area contributed by atoms with Crippen molar-refractivity contribution >= 4 is 40.5 Å². The summed E-state index contributed by atoms with van der Waals surface area (Å²) < 4.78 is 14.4. The lowest BCUT2D eigenvalue weighted by molar-refractivity contribution is -0.135. The molecule has 0 bridgehead atoms. The summed E-state index contributed by atoms with van der Waals surface area (Å²) in [5.41, 5.74) is 1.27. The van der Waals surface area contributed by atoms with Gasteiger partial charge in [0.2, 0.25) is 0 Å². The second-order valence-electron chi connectivity index (χ2n) is 7.53. The molecule has 1 aliphatic rings. The van der Waals surface area contributed by atoms with Crippen LogP contribution in [0.2, 0.25) is 5.02 Å². The third-order valence-corrected chi connectivity index (χ3v) is 5.44. The minimum absolute atomic E-state index is 0.0618. The van der Waals surface area contributed by atoms with Crippen molar-refractivity contribution in [3.05, 3.63) is 35.5 Å². The second-order valence-corrected chi connectivity index (χ2v) is 7.97. The molecule has 0 aliphatic carbocycles. The predicted octanol–water partition coefficient (Wildman–Crippen LogP) is 2.73. The lowest BCUT2D eigenvalue weighted by Gasteiger charge is -2.32. The van der Waals surface area contributed by atoms with Crippen LogP contribution >= 0.6 is 11.6 Å². The Morgan fingerprint density at radius 3 is 3.00 bits per heavy atom. The minimum atomic E-state index is -1.10. The normalized spacial score (nSPS) is 16.2. The Morgan fingerprint density at radius 1 is 1.34 bits per heavy atom.